The smallest absolute Gasteiger partial charge is 0.123 e. The summed E-state index contributed by atoms with van der Waals surface area (Å²) in [6.07, 6.45) is 0.945. The van der Waals surface area contributed by atoms with Gasteiger partial charge in [0.2, 0.25) is 0 Å². The third-order valence-electron chi connectivity index (χ3n) is 2.53. The normalized spacial score (nSPS) is 13.2. The molecule has 0 heterocycles. The highest BCUT2D eigenvalue weighted by molar-refractivity contribution is 9.09. The van der Waals surface area contributed by atoms with Gasteiger partial charge in [0.15, 0.2) is 0 Å². The molecule has 0 aromatic heterocycles. The molecule has 14 heavy (non-hydrogen) atoms. The first-order valence-electron chi connectivity index (χ1n) is 4.94. The lowest BCUT2D eigenvalue weighted by atomic mass is 9.91. The summed E-state index contributed by atoms with van der Waals surface area (Å²) in [4.78, 5) is 0. The molecule has 0 saturated heterocycles. The lowest BCUT2D eigenvalue weighted by molar-refractivity contribution is 0.426. The zero-order valence-corrected chi connectivity index (χ0v) is 10.2. The van der Waals surface area contributed by atoms with Crippen molar-refractivity contribution in [1.29, 1.82) is 0 Å². The first-order chi connectivity index (χ1) is 6.63. The van der Waals surface area contributed by atoms with Gasteiger partial charge >= 0.3 is 0 Å². The Morgan fingerprint density at radius 1 is 1.36 bits per heavy atom. The fourth-order valence-electron chi connectivity index (χ4n) is 1.44. The van der Waals surface area contributed by atoms with Crippen molar-refractivity contribution in [2.45, 2.75) is 20.3 Å². The molecule has 0 spiro atoms. The van der Waals surface area contributed by atoms with Gasteiger partial charge in [0.05, 0.1) is 0 Å². The third kappa shape index (κ3) is 3.41. The topological polar surface area (TPSA) is 0 Å². The Bertz CT molecular complexity index is 283. The first-order valence-corrected chi connectivity index (χ1v) is 6.06. The predicted octanol–water partition coefficient (Wildman–Crippen LogP) is 4.04. The van der Waals surface area contributed by atoms with E-state index in [-0.39, 0.29) is 5.82 Å². The van der Waals surface area contributed by atoms with Crippen LogP contribution in [-0.4, -0.2) is 5.33 Å². The zero-order valence-electron chi connectivity index (χ0n) is 8.63. The molecule has 0 saturated carbocycles. The van der Waals surface area contributed by atoms with E-state index in [1.54, 1.807) is 12.1 Å². The van der Waals surface area contributed by atoms with Crippen LogP contribution in [0.3, 0.4) is 0 Å². The second-order valence-corrected chi connectivity index (χ2v) is 4.64. The summed E-state index contributed by atoms with van der Waals surface area (Å²) in [5, 5.41) is 0.973. The summed E-state index contributed by atoms with van der Waals surface area (Å²) in [5.74, 6) is 1.06. The van der Waals surface area contributed by atoms with Crippen molar-refractivity contribution >= 4 is 15.9 Å². The van der Waals surface area contributed by atoms with E-state index in [1.165, 1.54) is 6.07 Å². The second-order valence-electron chi connectivity index (χ2n) is 3.99. The van der Waals surface area contributed by atoms with Gasteiger partial charge in [-0.3, -0.25) is 0 Å². The van der Waals surface area contributed by atoms with Crippen LogP contribution in [0.1, 0.15) is 19.4 Å². The van der Waals surface area contributed by atoms with Crippen molar-refractivity contribution in [2.24, 2.45) is 11.8 Å². The third-order valence-corrected chi connectivity index (χ3v) is 3.36. The van der Waals surface area contributed by atoms with E-state index in [9.17, 15) is 4.39 Å². The maximum atomic E-state index is 12.9. The number of hydrogen-bond donors (Lipinski definition) is 0. The fourth-order valence-corrected chi connectivity index (χ4v) is 2.41. The highest BCUT2D eigenvalue weighted by atomic mass is 79.9. The van der Waals surface area contributed by atoms with Gasteiger partial charge in [-0.25, -0.2) is 4.39 Å². The van der Waals surface area contributed by atoms with E-state index < -0.39 is 0 Å². The van der Waals surface area contributed by atoms with E-state index >= 15 is 0 Å². The van der Waals surface area contributed by atoms with Crippen molar-refractivity contribution in [3.8, 4) is 0 Å². The molecule has 0 radical (unpaired) electrons. The molecule has 1 rings (SSSR count). The van der Waals surface area contributed by atoms with Gasteiger partial charge in [0, 0.05) is 5.33 Å². The van der Waals surface area contributed by atoms with Crippen molar-refractivity contribution in [3.63, 3.8) is 0 Å². The lowest BCUT2D eigenvalue weighted by Crippen LogP contribution is -2.13. The maximum Gasteiger partial charge on any atom is 0.123 e. The van der Waals surface area contributed by atoms with Gasteiger partial charge in [-0.1, -0.05) is 41.9 Å². The Balaban J connectivity index is 2.67. The number of rotatable bonds is 4. The molecule has 78 valence electrons. The van der Waals surface area contributed by atoms with Crippen LogP contribution in [-0.2, 0) is 6.42 Å². The highest BCUT2D eigenvalue weighted by Gasteiger charge is 2.12. The molecule has 0 bridgehead atoms. The van der Waals surface area contributed by atoms with Crippen LogP contribution in [0.5, 0.6) is 0 Å². The molecule has 0 aliphatic rings. The number of benzene rings is 1. The molecule has 1 atom stereocenters. The molecular weight excluding hydrogens is 243 g/mol. The summed E-state index contributed by atoms with van der Waals surface area (Å²) >= 11 is 3.50. The van der Waals surface area contributed by atoms with Crippen LogP contribution in [0.4, 0.5) is 4.39 Å². The largest absolute Gasteiger partial charge is 0.207 e. The van der Waals surface area contributed by atoms with Crippen LogP contribution >= 0.6 is 15.9 Å². The maximum absolute atomic E-state index is 12.9. The van der Waals surface area contributed by atoms with Crippen molar-refractivity contribution in [2.75, 3.05) is 5.33 Å². The minimum absolute atomic E-state index is 0.139. The molecule has 1 aromatic carbocycles. The van der Waals surface area contributed by atoms with Gasteiger partial charge in [-0.05, 0) is 36.0 Å². The Kier molecular flexibility index (Phi) is 4.59. The van der Waals surface area contributed by atoms with E-state index in [2.05, 4.69) is 29.8 Å². The molecular formula is C12H16BrF. The average molecular weight is 259 g/mol. The summed E-state index contributed by atoms with van der Waals surface area (Å²) in [6.45, 7) is 4.40. The van der Waals surface area contributed by atoms with E-state index in [0.717, 1.165) is 17.3 Å². The SMILES string of the molecule is CC(C)C(CBr)Cc1cccc(F)c1. The van der Waals surface area contributed by atoms with Gasteiger partial charge in [-0.15, -0.1) is 0 Å². The molecule has 0 N–H and O–H groups in total. The molecule has 0 aliphatic heterocycles. The van der Waals surface area contributed by atoms with E-state index in [1.807, 2.05) is 6.07 Å². The second kappa shape index (κ2) is 5.50. The summed E-state index contributed by atoms with van der Waals surface area (Å²) < 4.78 is 12.9. The van der Waals surface area contributed by atoms with Gasteiger partial charge in [0.1, 0.15) is 5.82 Å². The van der Waals surface area contributed by atoms with E-state index in [0.29, 0.717) is 11.8 Å². The molecule has 0 amide bonds. The van der Waals surface area contributed by atoms with Crippen LogP contribution in [0.15, 0.2) is 24.3 Å². The van der Waals surface area contributed by atoms with Gasteiger partial charge in [0.25, 0.3) is 0 Å². The van der Waals surface area contributed by atoms with Crippen LogP contribution < -0.4 is 0 Å². The van der Waals surface area contributed by atoms with Gasteiger partial charge < -0.3 is 0 Å². The average Bonchev–Trinajstić information content (AvgIpc) is 2.14. The Hall–Kier alpha value is -0.370. The summed E-state index contributed by atoms with van der Waals surface area (Å²) in [5.41, 5.74) is 1.09. The minimum atomic E-state index is -0.139. The van der Waals surface area contributed by atoms with Crippen LogP contribution in [0, 0.1) is 17.7 Å². The quantitative estimate of drug-likeness (QED) is 0.716. The lowest BCUT2D eigenvalue weighted by Gasteiger charge is -2.17. The fraction of sp³-hybridized carbons (Fsp3) is 0.500. The van der Waals surface area contributed by atoms with Crippen molar-refractivity contribution in [3.05, 3.63) is 35.6 Å². The molecule has 1 unspecified atom stereocenters. The highest BCUT2D eigenvalue weighted by Crippen LogP contribution is 2.19. The minimum Gasteiger partial charge on any atom is -0.207 e. The number of alkyl halides is 1. The van der Waals surface area contributed by atoms with Crippen LogP contribution in [0.2, 0.25) is 0 Å². The Morgan fingerprint density at radius 3 is 2.57 bits per heavy atom. The molecule has 1 aromatic rings. The standard InChI is InChI=1S/C12H16BrF/c1-9(2)11(8-13)6-10-4-3-5-12(14)7-10/h3-5,7,9,11H,6,8H2,1-2H3. The van der Waals surface area contributed by atoms with Crippen molar-refractivity contribution < 1.29 is 4.39 Å². The van der Waals surface area contributed by atoms with Crippen molar-refractivity contribution in [1.82, 2.24) is 0 Å². The predicted molar refractivity (Wildman–Crippen MR) is 62.2 cm³/mol. The summed E-state index contributed by atoms with van der Waals surface area (Å²) in [7, 11) is 0. The molecule has 2 heteroatoms. The number of hydrogen-bond acceptors (Lipinski definition) is 0. The van der Waals surface area contributed by atoms with E-state index in [4.69, 9.17) is 0 Å². The molecule has 0 nitrogen and oxygen atoms in total. The summed E-state index contributed by atoms with van der Waals surface area (Å²) in [6, 6.07) is 6.87. The number of halogens is 2. The Morgan fingerprint density at radius 2 is 2.07 bits per heavy atom. The van der Waals surface area contributed by atoms with Gasteiger partial charge in [-0.2, -0.15) is 0 Å². The van der Waals surface area contributed by atoms with Crippen LogP contribution in [0.25, 0.3) is 0 Å². The monoisotopic (exact) mass is 258 g/mol. The first kappa shape index (κ1) is 11.7. The molecule has 0 fully saturated rings. The molecule has 0 aliphatic carbocycles. The zero-order chi connectivity index (χ0) is 10.6. The Labute approximate surface area is 93.7 Å².